The van der Waals surface area contributed by atoms with E-state index < -0.39 is 0 Å². The average molecular weight is 263 g/mol. The minimum atomic E-state index is 0.241. The van der Waals surface area contributed by atoms with E-state index in [9.17, 15) is 5.11 Å². The second kappa shape index (κ2) is 5.76. The molecule has 0 amide bonds. The van der Waals surface area contributed by atoms with Crippen LogP contribution in [0.25, 0.3) is 0 Å². The molecule has 0 aliphatic heterocycles. The van der Waals surface area contributed by atoms with Crippen molar-refractivity contribution >= 4 is 17.3 Å². The van der Waals surface area contributed by atoms with E-state index in [0.29, 0.717) is 17.1 Å². The van der Waals surface area contributed by atoms with Gasteiger partial charge in [0.25, 0.3) is 0 Å². The molecule has 0 aliphatic carbocycles. The molecular weight excluding hydrogens is 248 g/mol. The van der Waals surface area contributed by atoms with Crippen LogP contribution >= 0.6 is 11.6 Å². The van der Waals surface area contributed by atoms with Gasteiger partial charge in [0.1, 0.15) is 5.75 Å². The third-order valence-corrected chi connectivity index (χ3v) is 3.14. The fourth-order valence-electron chi connectivity index (χ4n) is 1.64. The van der Waals surface area contributed by atoms with E-state index in [4.69, 9.17) is 11.6 Å². The lowest BCUT2D eigenvalue weighted by Gasteiger charge is -2.11. The second-order valence-electron chi connectivity index (χ2n) is 4.02. The van der Waals surface area contributed by atoms with E-state index in [0.717, 1.165) is 11.3 Å². The molecule has 0 unspecified atom stereocenters. The molecule has 0 saturated carbocycles. The van der Waals surface area contributed by atoms with Crippen LogP contribution in [-0.4, -0.2) is 5.11 Å². The first-order valence-electron chi connectivity index (χ1n) is 5.69. The smallest absolute Gasteiger partial charge is 0.124 e. The van der Waals surface area contributed by atoms with Crippen molar-refractivity contribution in [2.75, 3.05) is 5.43 Å². The fraction of sp³-hybridized carbons (Fsp3) is 0.143. The number of phenolic OH excluding ortho intramolecular Hbond substituents is 1. The number of hydrogen-bond donors (Lipinski definition) is 3. The molecule has 2 aromatic rings. The molecule has 2 aromatic carbocycles. The predicted molar refractivity (Wildman–Crippen MR) is 74.8 cm³/mol. The molecule has 2 rings (SSSR count). The van der Waals surface area contributed by atoms with Crippen LogP contribution in [0.1, 0.15) is 11.1 Å². The third kappa shape index (κ3) is 2.94. The van der Waals surface area contributed by atoms with E-state index in [2.05, 4.69) is 10.9 Å². The van der Waals surface area contributed by atoms with Gasteiger partial charge in [-0.3, -0.25) is 0 Å². The van der Waals surface area contributed by atoms with Crippen molar-refractivity contribution in [3.05, 3.63) is 58.6 Å². The van der Waals surface area contributed by atoms with Gasteiger partial charge in [-0.15, -0.1) is 0 Å². The quantitative estimate of drug-likeness (QED) is 0.740. The van der Waals surface area contributed by atoms with Crippen molar-refractivity contribution in [2.24, 2.45) is 0 Å². The summed E-state index contributed by atoms with van der Waals surface area (Å²) < 4.78 is 0. The lowest BCUT2D eigenvalue weighted by atomic mass is 10.1. The number of rotatable bonds is 4. The first-order valence-corrected chi connectivity index (χ1v) is 6.07. The van der Waals surface area contributed by atoms with Crippen molar-refractivity contribution in [2.45, 2.75) is 13.5 Å². The van der Waals surface area contributed by atoms with E-state index in [1.165, 1.54) is 0 Å². The predicted octanol–water partition coefficient (Wildman–Crippen LogP) is 3.47. The Morgan fingerprint density at radius 1 is 1.11 bits per heavy atom. The molecule has 3 nitrogen and oxygen atoms in total. The summed E-state index contributed by atoms with van der Waals surface area (Å²) in [5.41, 5.74) is 8.60. The van der Waals surface area contributed by atoms with Crippen LogP contribution in [-0.2, 0) is 6.54 Å². The number of halogens is 1. The van der Waals surface area contributed by atoms with Crippen LogP contribution in [0, 0.1) is 6.92 Å². The first-order chi connectivity index (χ1) is 8.68. The Kier molecular flexibility index (Phi) is 4.07. The second-order valence-corrected chi connectivity index (χ2v) is 4.43. The Morgan fingerprint density at radius 3 is 2.56 bits per heavy atom. The minimum Gasteiger partial charge on any atom is -0.507 e. The van der Waals surface area contributed by atoms with Gasteiger partial charge >= 0.3 is 0 Å². The van der Waals surface area contributed by atoms with Crippen LogP contribution in [0.2, 0.25) is 5.02 Å². The van der Waals surface area contributed by atoms with Crippen molar-refractivity contribution in [3.63, 3.8) is 0 Å². The van der Waals surface area contributed by atoms with Gasteiger partial charge in [-0.05, 0) is 25.1 Å². The largest absolute Gasteiger partial charge is 0.507 e. The summed E-state index contributed by atoms with van der Waals surface area (Å²) in [7, 11) is 0. The summed E-state index contributed by atoms with van der Waals surface area (Å²) in [6.45, 7) is 2.31. The van der Waals surface area contributed by atoms with Crippen LogP contribution < -0.4 is 10.9 Å². The highest BCUT2D eigenvalue weighted by Gasteiger charge is 2.06. The highest BCUT2D eigenvalue weighted by Crippen LogP contribution is 2.28. The Morgan fingerprint density at radius 2 is 1.83 bits per heavy atom. The lowest BCUT2D eigenvalue weighted by Crippen LogP contribution is -2.20. The SMILES string of the molecule is Cc1c(Cl)ccc(CNNc2ccccc2)c1O. The molecular formula is C14H15ClN2O. The molecule has 0 heterocycles. The molecule has 94 valence electrons. The highest BCUT2D eigenvalue weighted by atomic mass is 35.5. The Balaban J connectivity index is 1.97. The summed E-state index contributed by atoms with van der Waals surface area (Å²) in [5.74, 6) is 0.241. The molecule has 0 bridgehead atoms. The zero-order chi connectivity index (χ0) is 13.0. The van der Waals surface area contributed by atoms with Crippen molar-refractivity contribution in [1.29, 1.82) is 0 Å². The number of benzene rings is 2. The maximum absolute atomic E-state index is 9.92. The van der Waals surface area contributed by atoms with Crippen LogP contribution in [0.4, 0.5) is 5.69 Å². The van der Waals surface area contributed by atoms with E-state index in [1.807, 2.05) is 36.4 Å². The van der Waals surface area contributed by atoms with Gasteiger partial charge in [-0.1, -0.05) is 35.9 Å². The molecule has 0 fully saturated rings. The molecule has 4 heteroatoms. The van der Waals surface area contributed by atoms with Crippen LogP contribution in [0.5, 0.6) is 5.75 Å². The van der Waals surface area contributed by atoms with E-state index in [-0.39, 0.29) is 5.75 Å². The molecule has 3 N–H and O–H groups in total. The highest BCUT2D eigenvalue weighted by molar-refractivity contribution is 6.31. The van der Waals surface area contributed by atoms with Crippen LogP contribution in [0.3, 0.4) is 0 Å². The standard InChI is InChI=1S/C14H15ClN2O/c1-10-13(15)8-7-11(14(10)18)9-16-17-12-5-3-2-4-6-12/h2-8,16-18H,9H2,1H3. The van der Waals surface area contributed by atoms with E-state index >= 15 is 0 Å². The maximum Gasteiger partial charge on any atom is 0.124 e. The number of anilines is 1. The molecule has 0 aliphatic rings. The maximum atomic E-state index is 9.92. The zero-order valence-electron chi connectivity index (χ0n) is 10.1. The number of hydrazine groups is 1. The van der Waals surface area contributed by atoms with Gasteiger partial charge in [-0.25, -0.2) is 5.43 Å². The van der Waals surface area contributed by atoms with Gasteiger partial charge in [0.05, 0.1) is 0 Å². The lowest BCUT2D eigenvalue weighted by molar-refractivity contribution is 0.462. The summed E-state index contributed by atoms with van der Waals surface area (Å²) in [6, 6.07) is 13.4. The molecule has 0 saturated heterocycles. The third-order valence-electron chi connectivity index (χ3n) is 2.73. The van der Waals surface area contributed by atoms with Gasteiger partial charge in [0.15, 0.2) is 0 Å². The number of phenols is 1. The zero-order valence-corrected chi connectivity index (χ0v) is 10.8. The molecule has 0 aromatic heterocycles. The van der Waals surface area contributed by atoms with Gasteiger partial charge in [0.2, 0.25) is 0 Å². The van der Waals surface area contributed by atoms with Gasteiger partial charge in [-0.2, -0.15) is 0 Å². The van der Waals surface area contributed by atoms with E-state index in [1.54, 1.807) is 13.0 Å². The number of para-hydroxylation sites is 1. The Bertz CT molecular complexity index is 529. The molecule has 0 spiro atoms. The fourth-order valence-corrected chi connectivity index (χ4v) is 1.79. The minimum absolute atomic E-state index is 0.241. The molecule has 0 radical (unpaired) electrons. The first kappa shape index (κ1) is 12.7. The summed E-state index contributed by atoms with van der Waals surface area (Å²) in [6.07, 6.45) is 0. The van der Waals surface area contributed by atoms with Crippen molar-refractivity contribution in [1.82, 2.24) is 5.43 Å². The Labute approximate surface area is 111 Å². The van der Waals surface area contributed by atoms with Gasteiger partial charge < -0.3 is 10.5 Å². The normalized spacial score (nSPS) is 10.3. The van der Waals surface area contributed by atoms with Crippen molar-refractivity contribution in [3.8, 4) is 5.75 Å². The Hall–Kier alpha value is -1.71. The number of aromatic hydroxyl groups is 1. The summed E-state index contributed by atoms with van der Waals surface area (Å²) in [5, 5.41) is 10.5. The monoisotopic (exact) mass is 262 g/mol. The topological polar surface area (TPSA) is 44.3 Å². The molecule has 0 atom stereocenters. The number of hydrogen-bond acceptors (Lipinski definition) is 3. The van der Waals surface area contributed by atoms with Gasteiger partial charge in [0, 0.05) is 28.4 Å². The number of nitrogens with one attached hydrogen (secondary N) is 2. The van der Waals surface area contributed by atoms with Crippen LogP contribution in [0.15, 0.2) is 42.5 Å². The average Bonchev–Trinajstić information content (AvgIpc) is 2.40. The summed E-state index contributed by atoms with van der Waals surface area (Å²) in [4.78, 5) is 0. The molecule has 18 heavy (non-hydrogen) atoms. The van der Waals surface area contributed by atoms with Crippen molar-refractivity contribution < 1.29 is 5.11 Å². The summed E-state index contributed by atoms with van der Waals surface area (Å²) >= 11 is 5.92.